The van der Waals surface area contributed by atoms with Gasteiger partial charge in [0.25, 0.3) is 0 Å². The van der Waals surface area contributed by atoms with Crippen molar-refractivity contribution in [3.63, 3.8) is 0 Å². The average molecular weight is 158 g/mol. The van der Waals surface area contributed by atoms with E-state index in [1.807, 2.05) is 6.20 Å². The summed E-state index contributed by atoms with van der Waals surface area (Å²) in [5.74, 6) is 0.800. The molecule has 0 aliphatic heterocycles. The second-order valence-electron chi connectivity index (χ2n) is 3.46. The highest BCUT2D eigenvalue weighted by Crippen LogP contribution is 2.42. The molecule has 1 saturated carbocycles. The van der Waals surface area contributed by atoms with Crippen LogP contribution in [0, 0.1) is 0 Å². The van der Waals surface area contributed by atoms with Gasteiger partial charge in [-0.15, -0.1) is 0 Å². The fourth-order valence-electron chi connectivity index (χ4n) is 1.73. The first-order valence-corrected chi connectivity index (χ1v) is 4.37. The number of para-hydroxylation sites is 1. The van der Waals surface area contributed by atoms with E-state index < -0.39 is 0 Å². The largest absolute Gasteiger partial charge is 0.278 e. The maximum Gasteiger partial charge on any atom is 0.0685 e. The summed E-state index contributed by atoms with van der Waals surface area (Å²) in [5.41, 5.74) is 2.69. The summed E-state index contributed by atoms with van der Waals surface area (Å²) in [6, 6.07) is 6.42. The number of fused-ring (bicyclic) bond motifs is 1. The van der Waals surface area contributed by atoms with Crippen LogP contribution < -0.4 is 0 Å². The Balaban J connectivity index is 2.32. The number of hydrogen-bond acceptors (Lipinski definition) is 1. The zero-order chi connectivity index (χ0) is 7.97. The number of hydrogen-bond donors (Lipinski definition) is 1. The van der Waals surface area contributed by atoms with E-state index in [4.69, 9.17) is 0 Å². The van der Waals surface area contributed by atoms with E-state index in [1.54, 1.807) is 0 Å². The standard InChI is InChI=1S/C10H10N2/c1-2-8-6-11-12-10(8)9(3-1)7-4-5-7/h1-3,6-7H,4-5H2,(H,11,12). The van der Waals surface area contributed by atoms with E-state index in [1.165, 1.54) is 29.3 Å². The van der Waals surface area contributed by atoms with Crippen LogP contribution in [0.15, 0.2) is 24.4 Å². The quantitative estimate of drug-likeness (QED) is 0.678. The summed E-state index contributed by atoms with van der Waals surface area (Å²) < 4.78 is 0. The molecule has 0 saturated heterocycles. The van der Waals surface area contributed by atoms with Gasteiger partial charge in [0.05, 0.1) is 11.7 Å². The summed E-state index contributed by atoms with van der Waals surface area (Å²) in [6.45, 7) is 0. The van der Waals surface area contributed by atoms with Crippen LogP contribution in [0.25, 0.3) is 10.9 Å². The molecule has 1 aliphatic carbocycles. The molecule has 0 amide bonds. The molecular weight excluding hydrogens is 148 g/mol. The third kappa shape index (κ3) is 0.779. The number of aromatic nitrogens is 2. The number of H-pyrrole nitrogens is 1. The van der Waals surface area contributed by atoms with Gasteiger partial charge >= 0.3 is 0 Å². The van der Waals surface area contributed by atoms with E-state index in [0.29, 0.717) is 0 Å². The third-order valence-corrected chi connectivity index (χ3v) is 2.53. The molecule has 0 atom stereocenters. The van der Waals surface area contributed by atoms with Crippen LogP contribution in [0.1, 0.15) is 24.3 Å². The van der Waals surface area contributed by atoms with Crippen molar-refractivity contribution in [1.29, 1.82) is 0 Å². The van der Waals surface area contributed by atoms with E-state index >= 15 is 0 Å². The van der Waals surface area contributed by atoms with Gasteiger partial charge in [-0.1, -0.05) is 18.2 Å². The lowest BCUT2D eigenvalue weighted by molar-refractivity contribution is 1.08. The zero-order valence-electron chi connectivity index (χ0n) is 6.75. The first kappa shape index (κ1) is 6.23. The molecule has 3 rings (SSSR count). The number of benzene rings is 1. The highest BCUT2D eigenvalue weighted by molar-refractivity contribution is 5.81. The number of nitrogens with one attached hydrogen (secondary N) is 1. The van der Waals surface area contributed by atoms with E-state index in [9.17, 15) is 0 Å². The molecule has 60 valence electrons. The number of nitrogens with zero attached hydrogens (tertiary/aromatic N) is 1. The SMILES string of the molecule is c1cc(C2CC2)c2[nH]ncc2c1. The first-order valence-electron chi connectivity index (χ1n) is 4.37. The minimum Gasteiger partial charge on any atom is -0.278 e. The molecule has 12 heavy (non-hydrogen) atoms. The second-order valence-corrected chi connectivity index (χ2v) is 3.46. The number of aromatic amines is 1. The lowest BCUT2D eigenvalue weighted by Gasteiger charge is -1.97. The highest BCUT2D eigenvalue weighted by Gasteiger charge is 2.25. The van der Waals surface area contributed by atoms with Crippen molar-refractivity contribution in [3.05, 3.63) is 30.0 Å². The Bertz CT molecular complexity index is 412. The molecule has 1 N–H and O–H groups in total. The predicted octanol–water partition coefficient (Wildman–Crippen LogP) is 2.44. The van der Waals surface area contributed by atoms with Crippen molar-refractivity contribution in [2.24, 2.45) is 0 Å². The van der Waals surface area contributed by atoms with Crippen LogP contribution in [-0.2, 0) is 0 Å². The number of rotatable bonds is 1. The van der Waals surface area contributed by atoms with Crippen molar-refractivity contribution < 1.29 is 0 Å². The van der Waals surface area contributed by atoms with Gasteiger partial charge in [-0.2, -0.15) is 5.10 Å². The molecule has 1 aromatic heterocycles. The smallest absolute Gasteiger partial charge is 0.0685 e. The van der Waals surface area contributed by atoms with Gasteiger partial charge in [-0.25, -0.2) is 0 Å². The highest BCUT2D eigenvalue weighted by atomic mass is 15.1. The predicted molar refractivity (Wildman–Crippen MR) is 48.1 cm³/mol. The van der Waals surface area contributed by atoms with Gasteiger partial charge in [0.1, 0.15) is 0 Å². The Labute approximate surface area is 70.6 Å². The molecule has 1 fully saturated rings. The summed E-state index contributed by atoms with van der Waals surface area (Å²) in [7, 11) is 0. The minimum atomic E-state index is 0.800. The Morgan fingerprint density at radius 3 is 3.08 bits per heavy atom. The average Bonchev–Trinajstić information content (AvgIpc) is 2.82. The Morgan fingerprint density at radius 2 is 2.25 bits per heavy atom. The molecule has 0 radical (unpaired) electrons. The van der Waals surface area contributed by atoms with Crippen molar-refractivity contribution in [1.82, 2.24) is 10.2 Å². The molecule has 1 heterocycles. The monoisotopic (exact) mass is 158 g/mol. The second kappa shape index (κ2) is 2.09. The van der Waals surface area contributed by atoms with Crippen molar-refractivity contribution in [2.45, 2.75) is 18.8 Å². The zero-order valence-corrected chi connectivity index (χ0v) is 6.75. The summed E-state index contributed by atoms with van der Waals surface area (Å²) in [4.78, 5) is 0. The van der Waals surface area contributed by atoms with Crippen LogP contribution in [0.5, 0.6) is 0 Å². The van der Waals surface area contributed by atoms with E-state index in [0.717, 1.165) is 5.92 Å². The van der Waals surface area contributed by atoms with Gasteiger partial charge in [0.2, 0.25) is 0 Å². The molecular formula is C10H10N2. The lowest BCUT2D eigenvalue weighted by atomic mass is 10.1. The molecule has 0 bridgehead atoms. The van der Waals surface area contributed by atoms with Crippen molar-refractivity contribution in [3.8, 4) is 0 Å². The van der Waals surface area contributed by atoms with Crippen LogP contribution in [-0.4, -0.2) is 10.2 Å². The Kier molecular flexibility index (Phi) is 1.09. The van der Waals surface area contributed by atoms with Crippen molar-refractivity contribution >= 4 is 10.9 Å². The van der Waals surface area contributed by atoms with Crippen LogP contribution in [0.4, 0.5) is 0 Å². The van der Waals surface area contributed by atoms with Crippen LogP contribution >= 0.6 is 0 Å². The summed E-state index contributed by atoms with van der Waals surface area (Å²) in [5, 5.41) is 8.34. The molecule has 2 heteroatoms. The first-order chi connectivity index (χ1) is 5.95. The van der Waals surface area contributed by atoms with Gasteiger partial charge in [0.15, 0.2) is 0 Å². The van der Waals surface area contributed by atoms with Crippen LogP contribution in [0.2, 0.25) is 0 Å². The summed E-state index contributed by atoms with van der Waals surface area (Å²) >= 11 is 0. The lowest BCUT2D eigenvalue weighted by Crippen LogP contribution is -1.80. The fraction of sp³-hybridized carbons (Fsp3) is 0.300. The van der Waals surface area contributed by atoms with E-state index in [2.05, 4.69) is 28.4 Å². The molecule has 1 aromatic carbocycles. The molecule has 0 spiro atoms. The maximum absolute atomic E-state index is 4.05. The normalized spacial score (nSPS) is 17.0. The van der Waals surface area contributed by atoms with Crippen LogP contribution in [0.3, 0.4) is 0 Å². The summed E-state index contributed by atoms with van der Waals surface area (Å²) in [6.07, 6.45) is 4.58. The molecule has 2 aromatic rings. The minimum absolute atomic E-state index is 0.800. The molecule has 1 aliphatic rings. The molecule has 0 unspecified atom stereocenters. The third-order valence-electron chi connectivity index (χ3n) is 2.53. The van der Waals surface area contributed by atoms with Crippen molar-refractivity contribution in [2.75, 3.05) is 0 Å². The van der Waals surface area contributed by atoms with E-state index in [-0.39, 0.29) is 0 Å². The van der Waals surface area contributed by atoms with Gasteiger partial charge in [-0.3, -0.25) is 5.10 Å². The fourth-order valence-corrected chi connectivity index (χ4v) is 1.73. The topological polar surface area (TPSA) is 28.7 Å². The Hall–Kier alpha value is -1.31. The van der Waals surface area contributed by atoms with Gasteiger partial charge in [-0.05, 0) is 24.3 Å². The Morgan fingerprint density at radius 1 is 1.33 bits per heavy atom. The van der Waals surface area contributed by atoms with Gasteiger partial charge < -0.3 is 0 Å². The van der Waals surface area contributed by atoms with Gasteiger partial charge in [0, 0.05) is 5.39 Å². The maximum atomic E-state index is 4.05. The molecule has 2 nitrogen and oxygen atoms in total.